The number of hydrogen-bond acceptors (Lipinski definition) is 6. The van der Waals surface area contributed by atoms with Crippen LogP contribution in [0.1, 0.15) is 45.7 Å². The van der Waals surface area contributed by atoms with Gasteiger partial charge in [-0.15, -0.1) is 11.8 Å². The summed E-state index contributed by atoms with van der Waals surface area (Å²) in [6.45, 7) is 6.76. The van der Waals surface area contributed by atoms with Crippen LogP contribution in [-0.2, 0) is 19.2 Å². The first-order chi connectivity index (χ1) is 15.4. The molecule has 0 radical (unpaired) electrons. The van der Waals surface area contributed by atoms with E-state index in [9.17, 15) is 24.3 Å². The van der Waals surface area contributed by atoms with Crippen molar-refractivity contribution in [1.82, 2.24) is 20.9 Å². The Morgan fingerprint density at radius 1 is 1.24 bits per heavy atom. The third kappa shape index (κ3) is 4.41. The number of amides is 3. The number of aliphatic carboxylic acids is 1. The number of carboxylic acid groups (broad SMARTS) is 1. The summed E-state index contributed by atoms with van der Waals surface area (Å²) in [6, 6.07) is 7.25. The number of amidine groups is 1. The van der Waals surface area contributed by atoms with E-state index in [-0.39, 0.29) is 36.0 Å². The van der Waals surface area contributed by atoms with Gasteiger partial charge in [-0.2, -0.15) is 0 Å². The first-order valence-electron chi connectivity index (χ1n) is 10.6. The Morgan fingerprint density at radius 2 is 1.88 bits per heavy atom. The summed E-state index contributed by atoms with van der Waals surface area (Å²) in [5, 5.41) is 25.6. The molecular formula is C22H29N5O5S. The van der Waals surface area contributed by atoms with Crippen molar-refractivity contribution in [3.8, 4) is 0 Å². The minimum Gasteiger partial charge on any atom is -0.478 e. The summed E-state index contributed by atoms with van der Waals surface area (Å²) < 4.78 is -1.01. The van der Waals surface area contributed by atoms with Crippen molar-refractivity contribution >= 4 is 41.3 Å². The van der Waals surface area contributed by atoms with Crippen LogP contribution in [0.3, 0.4) is 0 Å². The molecule has 1 aromatic carbocycles. The molecule has 1 unspecified atom stereocenters. The summed E-state index contributed by atoms with van der Waals surface area (Å²) in [4.78, 5) is 52.1. The van der Waals surface area contributed by atoms with Crippen molar-refractivity contribution in [3.63, 3.8) is 0 Å². The Balaban J connectivity index is 1.87. The van der Waals surface area contributed by atoms with Gasteiger partial charge in [0.15, 0.2) is 0 Å². The molecule has 11 heteroatoms. The second-order valence-electron chi connectivity index (χ2n) is 8.89. The zero-order chi connectivity index (χ0) is 24.6. The van der Waals surface area contributed by atoms with Crippen molar-refractivity contribution < 1.29 is 24.3 Å². The lowest BCUT2D eigenvalue weighted by atomic mass is 9.89. The molecule has 5 N–H and O–H groups in total. The van der Waals surface area contributed by atoms with E-state index < -0.39 is 34.2 Å². The maximum absolute atomic E-state index is 13.5. The van der Waals surface area contributed by atoms with Gasteiger partial charge in [-0.25, -0.2) is 4.79 Å². The molecule has 2 aliphatic heterocycles. The Bertz CT molecular complexity index is 983. The number of carbonyl (C=O) groups is 4. The van der Waals surface area contributed by atoms with Crippen LogP contribution in [0.5, 0.6) is 0 Å². The summed E-state index contributed by atoms with van der Waals surface area (Å²) in [5.74, 6) is -2.88. The predicted molar refractivity (Wildman–Crippen MR) is 123 cm³/mol. The third-order valence-electron chi connectivity index (χ3n) is 5.90. The highest BCUT2D eigenvalue weighted by Gasteiger charge is 2.70. The topological polar surface area (TPSA) is 152 Å². The molecule has 3 atom stereocenters. The quantitative estimate of drug-likeness (QED) is 0.214. The molecule has 2 aliphatic rings. The van der Waals surface area contributed by atoms with E-state index in [1.165, 1.54) is 16.7 Å². The molecule has 2 heterocycles. The number of nitrogens with zero attached hydrogens (tertiary/aromatic N) is 1. The number of β-lactam (4-membered cyclic amide) rings is 1. The van der Waals surface area contributed by atoms with Crippen LogP contribution >= 0.6 is 11.8 Å². The molecule has 10 nitrogen and oxygen atoms in total. The van der Waals surface area contributed by atoms with Gasteiger partial charge in [0.2, 0.25) is 23.4 Å². The van der Waals surface area contributed by atoms with E-state index in [0.29, 0.717) is 5.56 Å². The van der Waals surface area contributed by atoms with Gasteiger partial charge in [-0.05, 0) is 19.4 Å². The summed E-state index contributed by atoms with van der Waals surface area (Å²) >= 11 is 1.32. The smallest absolute Gasteiger partial charge is 0.352 e. The van der Waals surface area contributed by atoms with Crippen molar-refractivity contribution in [1.29, 1.82) is 5.41 Å². The fourth-order valence-corrected chi connectivity index (χ4v) is 5.71. The Labute approximate surface area is 196 Å². The third-order valence-corrected chi connectivity index (χ3v) is 7.43. The van der Waals surface area contributed by atoms with Gasteiger partial charge in [0.1, 0.15) is 6.04 Å². The average Bonchev–Trinajstić information content (AvgIpc) is 2.92. The minimum absolute atomic E-state index is 0.0921. The van der Waals surface area contributed by atoms with E-state index in [0.717, 1.165) is 0 Å². The zero-order valence-electron chi connectivity index (χ0n) is 19.0. The number of carboxylic acids is 1. The lowest BCUT2D eigenvalue weighted by molar-refractivity contribution is -0.173. The Hall–Kier alpha value is -3.08. The Morgan fingerprint density at radius 3 is 2.42 bits per heavy atom. The van der Waals surface area contributed by atoms with Crippen LogP contribution < -0.4 is 16.0 Å². The molecule has 0 aromatic heterocycles. The van der Waals surface area contributed by atoms with Gasteiger partial charge in [0.05, 0.1) is 28.9 Å². The van der Waals surface area contributed by atoms with Gasteiger partial charge in [-0.3, -0.25) is 24.7 Å². The molecule has 1 aromatic rings. The molecule has 0 bridgehead atoms. The van der Waals surface area contributed by atoms with Crippen LogP contribution in [0.15, 0.2) is 30.3 Å². The Kier molecular flexibility index (Phi) is 6.73. The molecule has 3 rings (SSSR count). The van der Waals surface area contributed by atoms with Crippen LogP contribution in [0.2, 0.25) is 0 Å². The zero-order valence-corrected chi connectivity index (χ0v) is 19.8. The van der Waals surface area contributed by atoms with E-state index in [4.69, 9.17) is 5.41 Å². The largest absolute Gasteiger partial charge is 0.478 e. The van der Waals surface area contributed by atoms with Crippen LogP contribution in [-0.4, -0.2) is 61.9 Å². The van der Waals surface area contributed by atoms with Crippen LogP contribution in [0, 0.1) is 11.3 Å². The predicted octanol–water partition coefficient (Wildman–Crippen LogP) is 1.05. The van der Waals surface area contributed by atoms with Gasteiger partial charge in [0, 0.05) is 5.92 Å². The van der Waals surface area contributed by atoms with E-state index in [2.05, 4.69) is 16.0 Å². The lowest BCUT2D eigenvalue weighted by Crippen LogP contribution is -2.75. The number of carbonyl (C=O) groups excluding carboxylic acids is 3. The highest BCUT2D eigenvalue weighted by Crippen LogP contribution is 2.55. The number of rotatable bonds is 8. The molecule has 178 valence electrons. The van der Waals surface area contributed by atoms with Gasteiger partial charge >= 0.3 is 5.97 Å². The lowest BCUT2D eigenvalue weighted by Gasteiger charge is -2.46. The minimum atomic E-state index is -1.95. The fraction of sp³-hybridized carbons (Fsp3) is 0.500. The number of benzene rings is 1. The first-order valence-corrected chi connectivity index (χ1v) is 11.5. The maximum Gasteiger partial charge on any atom is 0.352 e. The molecule has 0 saturated carbocycles. The molecule has 3 amide bonds. The number of fused-ring (bicyclic) bond motifs is 1. The molecular weight excluding hydrogens is 446 g/mol. The van der Waals surface area contributed by atoms with Crippen molar-refractivity contribution in [2.45, 2.75) is 55.9 Å². The first kappa shape index (κ1) is 24.6. The van der Waals surface area contributed by atoms with Gasteiger partial charge in [0.25, 0.3) is 0 Å². The highest BCUT2D eigenvalue weighted by atomic mass is 32.2. The molecule has 0 aliphatic carbocycles. The number of hydrogen-bond donors (Lipinski definition) is 5. The molecule has 0 spiro atoms. The van der Waals surface area contributed by atoms with E-state index in [1.807, 2.05) is 13.8 Å². The second-order valence-corrected chi connectivity index (χ2v) is 10.7. The summed E-state index contributed by atoms with van der Waals surface area (Å²) in [5.41, 5.74) is -1.50. The second kappa shape index (κ2) is 9.05. The normalized spacial score (nSPS) is 23.8. The van der Waals surface area contributed by atoms with Crippen LogP contribution in [0.25, 0.3) is 0 Å². The van der Waals surface area contributed by atoms with Crippen LogP contribution in [0.4, 0.5) is 0 Å². The molecule has 2 fully saturated rings. The molecule has 33 heavy (non-hydrogen) atoms. The van der Waals surface area contributed by atoms with Gasteiger partial charge in [-0.1, -0.05) is 44.2 Å². The highest BCUT2D eigenvalue weighted by molar-refractivity contribution is 8.01. The maximum atomic E-state index is 13.5. The van der Waals surface area contributed by atoms with E-state index in [1.54, 1.807) is 44.2 Å². The summed E-state index contributed by atoms with van der Waals surface area (Å²) in [6.07, 6.45) is 0.214. The van der Waals surface area contributed by atoms with E-state index >= 15 is 0 Å². The fourth-order valence-electron chi connectivity index (χ4n) is 4.01. The van der Waals surface area contributed by atoms with Crippen molar-refractivity contribution in [3.05, 3.63) is 35.9 Å². The number of nitrogens with one attached hydrogen (secondary N) is 4. The average molecular weight is 476 g/mol. The molecule has 2 saturated heterocycles. The van der Waals surface area contributed by atoms with Crippen molar-refractivity contribution in [2.75, 3.05) is 6.54 Å². The summed E-state index contributed by atoms with van der Waals surface area (Å²) in [7, 11) is 0. The number of thioether (sulfide) groups is 1. The SMILES string of the molecule is CC(C)C(=N)NCC(=O)NC(C(=O)N[C@@]1(C(=O)O)N2C(=O)C[C@H]2SC1(C)C)c1ccccc1. The van der Waals surface area contributed by atoms with Crippen molar-refractivity contribution in [2.24, 2.45) is 5.92 Å². The standard InChI is InChI=1S/C22H29N5O5S/c1-12(2)18(23)24-11-14(28)25-17(13-8-6-5-7-9-13)19(30)26-22(20(31)32)21(3,4)33-16-10-15(29)27(16)22/h5-9,12,16-17H,10-11H2,1-4H3,(H2,23,24)(H,25,28)(H,26,30)(H,31,32)/t16-,17?,22+/m1/s1. The monoisotopic (exact) mass is 475 g/mol. The van der Waals surface area contributed by atoms with Gasteiger partial charge < -0.3 is 21.1 Å².